The summed E-state index contributed by atoms with van der Waals surface area (Å²) in [6, 6.07) is 15.2. The number of nitrogens with one attached hydrogen (secondary N) is 1. The molecule has 0 spiro atoms. The smallest absolute Gasteiger partial charge is 0.407 e. The van der Waals surface area contributed by atoms with Gasteiger partial charge < -0.3 is 20.1 Å². The van der Waals surface area contributed by atoms with E-state index in [4.69, 9.17) is 9.84 Å². The zero-order chi connectivity index (χ0) is 22.5. The molecule has 1 aliphatic carbocycles. The van der Waals surface area contributed by atoms with E-state index in [9.17, 15) is 14.4 Å². The van der Waals surface area contributed by atoms with Crippen molar-refractivity contribution < 1.29 is 24.2 Å². The van der Waals surface area contributed by atoms with Gasteiger partial charge in [0.1, 0.15) is 12.6 Å². The van der Waals surface area contributed by atoms with E-state index in [1.54, 1.807) is 0 Å². The average Bonchev–Trinajstić information content (AvgIpc) is 3.10. The Labute approximate surface area is 182 Å². The van der Waals surface area contributed by atoms with E-state index in [0.29, 0.717) is 6.42 Å². The number of aliphatic carboxylic acids is 1. The van der Waals surface area contributed by atoms with Crippen LogP contribution in [0.5, 0.6) is 0 Å². The second-order valence-electron chi connectivity index (χ2n) is 7.77. The first-order chi connectivity index (χ1) is 14.8. The van der Waals surface area contributed by atoms with Crippen LogP contribution in [0.15, 0.2) is 48.5 Å². The molecule has 2 amide bonds. The van der Waals surface area contributed by atoms with Crippen LogP contribution in [-0.2, 0) is 14.3 Å². The number of benzene rings is 2. The molecule has 0 aromatic heterocycles. The maximum Gasteiger partial charge on any atom is 0.407 e. The zero-order valence-corrected chi connectivity index (χ0v) is 18.0. The van der Waals surface area contributed by atoms with Gasteiger partial charge in [0.25, 0.3) is 0 Å². The van der Waals surface area contributed by atoms with Crippen molar-refractivity contribution in [2.45, 2.75) is 32.2 Å². The number of carbonyl (C=O) groups is 3. The summed E-state index contributed by atoms with van der Waals surface area (Å²) in [6.07, 6.45) is -0.124. The van der Waals surface area contributed by atoms with Crippen molar-refractivity contribution in [3.05, 3.63) is 59.7 Å². The summed E-state index contributed by atoms with van der Waals surface area (Å²) >= 11 is 0. The molecule has 7 nitrogen and oxygen atoms in total. The Morgan fingerprint density at radius 1 is 1.06 bits per heavy atom. The normalized spacial score (nSPS) is 14.2. The summed E-state index contributed by atoms with van der Waals surface area (Å²) in [7, 11) is 1.46. The fourth-order valence-electron chi connectivity index (χ4n) is 3.91. The number of hydrogen-bond acceptors (Lipinski definition) is 4. The molecule has 0 bridgehead atoms. The van der Waals surface area contributed by atoms with Crippen LogP contribution >= 0.6 is 0 Å². The van der Waals surface area contributed by atoms with Gasteiger partial charge in [-0.1, -0.05) is 55.5 Å². The molecule has 3 rings (SSSR count). The van der Waals surface area contributed by atoms with Gasteiger partial charge in [0.2, 0.25) is 5.91 Å². The third-order valence-corrected chi connectivity index (χ3v) is 5.96. The lowest BCUT2D eigenvalue weighted by atomic mass is 9.98. The van der Waals surface area contributed by atoms with Gasteiger partial charge in [-0.2, -0.15) is 0 Å². The van der Waals surface area contributed by atoms with Gasteiger partial charge in [0.15, 0.2) is 0 Å². The van der Waals surface area contributed by atoms with Crippen LogP contribution in [0.3, 0.4) is 0 Å². The topological polar surface area (TPSA) is 95.9 Å². The van der Waals surface area contributed by atoms with Crippen LogP contribution in [0, 0.1) is 5.92 Å². The SMILES string of the molecule is CCC(CNC(=O)OCC1c2ccccc2-c2ccccc21)C(=O)N(C)[C@@H](C)C(=O)O. The molecule has 0 radical (unpaired) electrons. The number of hydrogen-bond donors (Lipinski definition) is 2. The Bertz CT molecular complexity index is 928. The molecule has 2 aromatic carbocycles. The van der Waals surface area contributed by atoms with E-state index >= 15 is 0 Å². The first-order valence-corrected chi connectivity index (χ1v) is 10.4. The molecule has 0 heterocycles. The average molecular weight is 424 g/mol. The Hall–Kier alpha value is -3.35. The predicted molar refractivity (Wildman–Crippen MR) is 117 cm³/mol. The van der Waals surface area contributed by atoms with Crippen molar-refractivity contribution in [1.29, 1.82) is 0 Å². The van der Waals surface area contributed by atoms with Crippen LogP contribution in [0.4, 0.5) is 4.79 Å². The number of rotatable bonds is 8. The standard InChI is InChI=1S/C24H28N2O5/c1-4-16(22(27)26(3)15(2)23(28)29)13-25-24(30)31-14-21-19-11-7-5-9-17(19)18-10-6-8-12-20(18)21/h5-12,15-16,21H,4,13-14H2,1-3H3,(H,25,30)(H,28,29)/t15-,16?/m0/s1. The zero-order valence-electron chi connectivity index (χ0n) is 18.0. The van der Waals surface area contributed by atoms with Crippen LogP contribution in [0.25, 0.3) is 11.1 Å². The molecular formula is C24H28N2O5. The van der Waals surface area contributed by atoms with Crippen molar-refractivity contribution >= 4 is 18.0 Å². The Morgan fingerprint density at radius 3 is 2.13 bits per heavy atom. The van der Waals surface area contributed by atoms with E-state index in [-0.39, 0.29) is 25.0 Å². The first kappa shape index (κ1) is 22.3. The lowest BCUT2D eigenvalue weighted by Crippen LogP contribution is -2.46. The molecular weight excluding hydrogens is 396 g/mol. The van der Waals surface area contributed by atoms with Gasteiger partial charge in [0.05, 0.1) is 5.92 Å². The molecule has 0 aliphatic heterocycles. The summed E-state index contributed by atoms with van der Waals surface area (Å²) in [5, 5.41) is 11.8. The Morgan fingerprint density at radius 2 is 1.61 bits per heavy atom. The lowest BCUT2D eigenvalue weighted by Gasteiger charge is -2.26. The van der Waals surface area contributed by atoms with E-state index < -0.39 is 24.0 Å². The van der Waals surface area contributed by atoms with E-state index in [1.165, 1.54) is 18.9 Å². The summed E-state index contributed by atoms with van der Waals surface area (Å²) in [4.78, 5) is 37.2. The second kappa shape index (κ2) is 9.64. The number of fused-ring (bicyclic) bond motifs is 3. The van der Waals surface area contributed by atoms with E-state index in [0.717, 1.165) is 22.3 Å². The fraction of sp³-hybridized carbons (Fsp3) is 0.375. The molecule has 164 valence electrons. The summed E-state index contributed by atoms with van der Waals surface area (Å²) < 4.78 is 5.49. The third kappa shape index (κ3) is 4.71. The molecule has 2 N–H and O–H groups in total. The fourth-order valence-corrected chi connectivity index (χ4v) is 3.91. The summed E-state index contributed by atoms with van der Waals surface area (Å²) in [6.45, 7) is 3.55. The quantitative estimate of drug-likeness (QED) is 0.676. The molecule has 7 heteroatoms. The predicted octanol–water partition coefficient (Wildman–Crippen LogP) is 3.48. The van der Waals surface area contributed by atoms with Gasteiger partial charge in [-0.15, -0.1) is 0 Å². The highest BCUT2D eigenvalue weighted by atomic mass is 16.5. The van der Waals surface area contributed by atoms with Gasteiger partial charge >= 0.3 is 12.1 Å². The molecule has 1 unspecified atom stereocenters. The molecule has 31 heavy (non-hydrogen) atoms. The monoisotopic (exact) mass is 424 g/mol. The van der Waals surface area contributed by atoms with Crippen LogP contribution in [0.2, 0.25) is 0 Å². The third-order valence-electron chi connectivity index (χ3n) is 5.96. The summed E-state index contributed by atoms with van der Waals surface area (Å²) in [5.41, 5.74) is 4.56. The lowest BCUT2D eigenvalue weighted by molar-refractivity contribution is -0.149. The number of nitrogens with zero attached hydrogens (tertiary/aromatic N) is 1. The highest BCUT2D eigenvalue weighted by Gasteiger charge is 2.30. The molecule has 2 aromatic rings. The molecule has 1 aliphatic rings. The minimum absolute atomic E-state index is 0.0377. The van der Waals surface area contributed by atoms with Crippen molar-refractivity contribution in [3.8, 4) is 11.1 Å². The van der Waals surface area contributed by atoms with Crippen LogP contribution in [0.1, 0.15) is 37.3 Å². The number of carboxylic acids is 1. The van der Waals surface area contributed by atoms with Gasteiger partial charge in [-0.05, 0) is 35.6 Å². The largest absolute Gasteiger partial charge is 0.480 e. The minimum atomic E-state index is -1.07. The highest BCUT2D eigenvalue weighted by molar-refractivity contribution is 5.85. The molecule has 2 atom stereocenters. The van der Waals surface area contributed by atoms with Crippen molar-refractivity contribution in [1.82, 2.24) is 10.2 Å². The summed E-state index contributed by atoms with van der Waals surface area (Å²) in [5.74, 6) is -1.96. The van der Waals surface area contributed by atoms with Crippen molar-refractivity contribution in [2.75, 3.05) is 20.2 Å². The number of amides is 2. The Kier molecular flexibility index (Phi) is 6.95. The number of ether oxygens (including phenoxy) is 1. The van der Waals surface area contributed by atoms with E-state index in [2.05, 4.69) is 17.4 Å². The van der Waals surface area contributed by atoms with Gasteiger partial charge in [0, 0.05) is 19.5 Å². The van der Waals surface area contributed by atoms with Gasteiger partial charge in [-0.3, -0.25) is 4.79 Å². The van der Waals surface area contributed by atoms with Crippen LogP contribution < -0.4 is 5.32 Å². The highest BCUT2D eigenvalue weighted by Crippen LogP contribution is 2.44. The van der Waals surface area contributed by atoms with Gasteiger partial charge in [-0.25, -0.2) is 9.59 Å². The van der Waals surface area contributed by atoms with Crippen molar-refractivity contribution in [2.24, 2.45) is 5.92 Å². The Balaban J connectivity index is 1.58. The molecule has 0 saturated heterocycles. The maximum absolute atomic E-state index is 12.5. The minimum Gasteiger partial charge on any atom is -0.480 e. The number of alkyl carbamates (subject to hydrolysis) is 1. The number of likely N-dealkylation sites (N-methyl/N-ethyl adjacent to an activating group) is 1. The van der Waals surface area contributed by atoms with Crippen LogP contribution in [-0.4, -0.2) is 54.2 Å². The van der Waals surface area contributed by atoms with E-state index in [1.807, 2.05) is 43.3 Å². The number of carbonyl (C=O) groups excluding carboxylic acids is 2. The first-order valence-electron chi connectivity index (χ1n) is 10.4. The molecule has 0 fully saturated rings. The maximum atomic E-state index is 12.5. The number of carboxylic acid groups (broad SMARTS) is 1. The van der Waals surface area contributed by atoms with Crippen molar-refractivity contribution in [3.63, 3.8) is 0 Å². The second-order valence-corrected chi connectivity index (χ2v) is 7.77. The molecule has 0 saturated carbocycles.